The average molecular weight is 304 g/mol. The molecular weight excluding hydrogens is 284 g/mol. The topological polar surface area (TPSA) is 112 Å². The Labute approximate surface area is 121 Å². The van der Waals surface area contributed by atoms with Crippen LogP contribution in [-0.2, 0) is 28.8 Å². The minimum atomic E-state index is -0.912. The Morgan fingerprint density at radius 3 is 2.24 bits per heavy atom. The van der Waals surface area contributed by atoms with Crippen molar-refractivity contribution in [1.82, 2.24) is 0 Å². The molecule has 2 heterocycles. The highest BCUT2D eigenvalue weighted by atomic mass is 17.2. The summed E-state index contributed by atoms with van der Waals surface area (Å²) in [6.07, 6.45) is 1.33. The maximum atomic E-state index is 10.5. The number of aliphatic carboxylic acids is 2. The third kappa shape index (κ3) is 4.92. The van der Waals surface area contributed by atoms with Crippen LogP contribution in [0.4, 0.5) is 0 Å². The molecule has 8 nitrogen and oxygen atoms in total. The second kappa shape index (κ2) is 7.17. The summed E-state index contributed by atoms with van der Waals surface area (Å²) in [5.41, 5.74) is -0.667. The number of hydrogen-bond acceptors (Lipinski definition) is 6. The van der Waals surface area contributed by atoms with E-state index >= 15 is 0 Å². The fraction of sp³-hybridized carbons (Fsp3) is 0.846. The molecule has 2 aliphatic rings. The highest BCUT2D eigenvalue weighted by molar-refractivity contribution is 5.66. The molecule has 0 amide bonds. The normalized spacial score (nSPS) is 33.0. The molecule has 3 atom stereocenters. The average Bonchev–Trinajstić information content (AvgIpc) is 2.46. The fourth-order valence-corrected chi connectivity index (χ4v) is 2.37. The van der Waals surface area contributed by atoms with Gasteiger partial charge in [0.1, 0.15) is 0 Å². The van der Waals surface area contributed by atoms with Crippen molar-refractivity contribution in [3.05, 3.63) is 0 Å². The number of carbonyl (C=O) groups is 2. The van der Waals surface area contributed by atoms with Gasteiger partial charge in [0, 0.05) is 12.8 Å². The van der Waals surface area contributed by atoms with Crippen LogP contribution in [0.5, 0.6) is 0 Å². The molecule has 2 aliphatic heterocycles. The predicted octanol–water partition coefficient (Wildman–Crippen LogP) is 0.938. The quantitative estimate of drug-likeness (QED) is 0.697. The Hall–Kier alpha value is -1.22. The van der Waals surface area contributed by atoms with Crippen LogP contribution in [0, 0.1) is 0 Å². The van der Waals surface area contributed by atoms with E-state index in [2.05, 4.69) is 0 Å². The van der Waals surface area contributed by atoms with Crippen LogP contribution < -0.4 is 0 Å². The van der Waals surface area contributed by atoms with Crippen molar-refractivity contribution in [3.8, 4) is 0 Å². The molecule has 3 unspecified atom stereocenters. The van der Waals surface area contributed by atoms with E-state index in [-0.39, 0.29) is 38.6 Å². The molecule has 2 fully saturated rings. The zero-order chi connectivity index (χ0) is 15.3. The van der Waals surface area contributed by atoms with Gasteiger partial charge in [0.25, 0.3) is 0 Å². The number of carboxylic acids is 2. The summed E-state index contributed by atoms with van der Waals surface area (Å²) < 4.78 is 11.1. The number of hydrogen-bond donors (Lipinski definition) is 2. The second-order valence-corrected chi connectivity index (χ2v) is 5.44. The van der Waals surface area contributed by atoms with Gasteiger partial charge < -0.3 is 19.7 Å². The van der Waals surface area contributed by atoms with E-state index in [0.717, 1.165) is 0 Å². The van der Waals surface area contributed by atoms with Gasteiger partial charge in [-0.05, 0) is 19.3 Å². The molecule has 0 aliphatic carbocycles. The molecule has 0 radical (unpaired) electrons. The first-order valence-corrected chi connectivity index (χ1v) is 7.00. The van der Waals surface area contributed by atoms with Gasteiger partial charge in [0.05, 0.1) is 25.7 Å². The van der Waals surface area contributed by atoms with Gasteiger partial charge in [0.15, 0.2) is 11.9 Å². The molecular formula is C13H20O8. The van der Waals surface area contributed by atoms with E-state index < -0.39 is 23.8 Å². The lowest BCUT2D eigenvalue weighted by Gasteiger charge is -2.42. The predicted molar refractivity (Wildman–Crippen MR) is 67.4 cm³/mol. The van der Waals surface area contributed by atoms with Crippen LogP contribution in [0.3, 0.4) is 0 Å². The molecule has 1 spiro atoms. The van der Waals surface area contributed by atoms with Crippen molar-refractivity contribution in [1.29, 1.82) is 0 Å². The number of ether oxygens (including phenoxy) is 2. The van der Waals surface area contributed by atoms with Gasteiger partial charge in [-0.2, -0.15) is 0 Å². The summed E-state index contributed by atoms with van der Waals surface area (Å²) in [5.74, 6) is -1.74. The monoisotopic (exact) mass is 304 g/mol. The van der Waals surface area contributed by atoms with Crippen molar-refractivity contribution in [2.24, 2.45) is 0 Å². The van der Waals surface area contributed by atoms with Crippen molar-refractivity contribution < 1.29 is 39.1 Å². The molecule has 8 heteroatoms. The first-order valence-electron chi connectivity index (χ1n) is 7.00. The maximum absolute atomic E-state index is 10.5. The minimum absolute atomic E-state index is 0.0468. The Balaban J connectivity index is 1.70. The van der Waals surface area contributed by atoms with Gasteiger partial charge in [-0.25, -0.2) is 9.78 Å². The summed E-state index contributed by atoms with van der Waals surface area (Å²) >= 11 is 0. The van der Waals surface area contributed by atoms with E-state index in [1.54, 1.807) is 0 Å². The number of rotatable bonds is 6. The Kier molecular flexibility index (Phi) is 5.51. The first-order chi connectivity index (χ1) is 9.99. The standard InChI is InChI=1S/C13H20O8/c14-10(15)2-1-9-5-6-13(7-18-9)8-19-12(20-21-13)4-3-11(16)17/h9,12H,1-8H2,(H,14,15)(H,16,17). The van der Waals surface area contributed by atoms with Crippen LogP contribution in [-0.4, -0.2) is 53.4 Å². The smallest absolute Gasteiger partial charge is 0.303 e. The van der Waals surface area contributed by atoms with Gasteiger partial charge in [-0.15, -0.1) is 0 Å². The molecule has 0 aromatic carbocycles. The lowest BCUT2D eigenvalue weighted by Crippen LogP contribution is -2.52. The molecule has 2 rings (SSSR count). The van der Waals surface area contributed by atoms with E-state index in [1.165, 1.54) is 0 Å². The van der Waals surface area contributed by atoms with Gasteiger partial charge >= 0.3 is 11.9 Å². The summed E-state index contributed by atoms with van der Waals surface area (Å²) in [5, 5.41) is 17.2. The van der Waals surface area contributed by atoms with Crippen LogP contribution in [0.2, 0.25) is 0 Å². The molecule has 21 heavy (non-hydrogen) atoms. The first kappa shape index (κ1) is 16.2. The van der Waals surface area contributed by atoms with Crippen molar-refractivity contribution in [2.45, 2.75) is 56.5 Å². The Bertz CT molecular complexity index is 327. The summed E-state index contributed by atoms with van der Waals surface area (Å²) in [7, 11) is 0. The molecule has 0 aromatic heterocycles. The zero-order valence-corrected chi connectivity index (χ0v) is 11.7. The van der Waals surface area contributed by atoms with Crippen LogP contribution in [0.1, 0.15) is 38.5 Å². The van der Waals surface area contributed by atoms with Crippen molar-refractivity contribution in [3.63, 3.8) is 0 Å². The van der Waals surface area contributed by atoms with E-state index in [9.17, 15) is 9.59 Å². The molecule has 120 valence electrons. The zero-order valence-electron chi connectivity index (χ0n) is 11.7. The highest BCUT2D eigenvalue weighted by Gasteiger charge is 2.43. The van der Waals surface area contributed by atoms with Crippen molar-refractivity contribution in [2.75, 3.05) is 13.2 Å². The number of carboxylic acid groups (broad SMARTS) is 2. The molecule has 2 N–H and O–H groups in total. The highest BCUT2D eigenvalue weighted by Crippen LogP contribution is 2.33. The molecule has 0 aromatic rings. The van der Waals surface area contributed by atoms with E-state index in [1.807, 2.05) is 0 Å². The van der Waals surface area contributed by atoms with Crippen molar-refractivity contribution >= 4 is 11.9 Å². The Morgan fingerprint density at radius 2 is 1.71 bits per heavy atom. The lowest BCUT2D eigenvalue weighted by atomic mass is 9.92. The Morgan fingerprint density at radius 1 is 1.05 bits per heavy atom. The van der Waals surface area contributed by atoms with Crippen LogP contribution in [0.25, 0.3) is 0 Å². The van der Waals surface area contributed by atoms with Gasteiger partial charge in [-0.3, -0.25) is 9.59 Å². The summed E-state index contributed by atoms with van der Waals surface area (Å²) in [4.78, 5) is 31.5. The fourth-order valence-electron chi connectivity index (χ4n) is 2.37. The third-order valence-electron chi connectivity index (χ3n) is 3.64. The van der Waals surface area contributed by atoms with E-state index in [4.69, 9.17) is 29.5 Å². The van der Waals surface area contributed by atoms with Gasteiger partial charge in [0.2, 0.25) is 0 Å². The SMILES string of the molecule is O=C(O)CCC1CCC2(CO1)COC(CCC(=O)O)OO2. The summed E-state index contributed by atoms with van der Waals surface area (Å²) in [6, 6.07) is 0. The third-order valence-corrected chi connectivity index (χ3v) is 3.64. The van der Waals surface area contributed by atoms with Crippen LogP contribution in [0.15, 0.2) is 0 Å². The molecule has 0 bridgehead atoms. The largest absolute Gasteiger partial charge is 0.481 e. The second-order valence-electron chi connectivity index (χ2n) is 5.44. The van der Waals surface area contributed by atoms with Crippen LogP contribution >= 0.6 is 0 Å². The molecule has 0 saturated carbocycles. The minimum Gasteiger partial charge on any atom is -0.481 e. The lowest BCUT2D eigenvalue weighted by molar-refractivity contribution is -0.481. The van der Waals surface area contributed by atoms with Gasteiger partial charge in [-0.1, -0.05) is 0 Å². The summed E-state index contributed by atoms with van der Waals surface area (Å²) in [6.45, 7) is 0.561. The van der Waals surface area contributed by atoms with E-state index in [0.29, 0.717) is 19.3 Å². The molecule has 2 saturated heterocycles. The maximum Gasteiger partial charge on any atom is 0.303 e.